The van der Waals surface area contributed by atoms with E-state index in [9.17, 15) is 19.5 Å². The number of aliphatic hydroxyl groups is 1. The molecule has 0 radical (unpaired) electrons. The van der Waals surface area contributed by atoms with E-state index in [2.05, 4.69) is 24.3 Å². The zero-order valence-electron chi connectivity index (χ0n) is 25.7. The summed E-state index contributed by atoms with van der Waals surface area (Å²) in [6.07, 6.45) is 11.4. The standard InChI is InChI=1S/C32H50N4O5/c1-20(34-41-30(40)36(16-17-37)19-22-7-11-28(33-22)29(39)35(4)5)25-9-10-26-24-8-6-21-18-23(38)12-14-31(21,2)27(24)13-15-32(25,26)3/h18,22,24-28,33,37H,6-17,19H2,1-5H3/b34-20+/t22?,24-,25+,26-,27-,28?,31-,32+/m0/s1. The van der Waals surface area contributed by atoms with Gasteiger partial charge in [0, 0.05) is 45.6 Å². The number of likely N-dealkylation sites (N-methyl/N-ethyl adjacent to an activating group) is 1. The number of hydrogen-bond acceptors (Lipinski definition) is 7. The van der Waals surface area contributed by atoms with Crippen LogP contribution in [-0.4, -0.2) is 84.3 Å². The predicted octanol–water partition coefficient (Wildman–Crippen LogP) is 4.15. The lowest BCUT2D eigenvalue weighted by atomic mass is 9.46. The van der Waals surface area contributed by atoms with Crippen molar-refractivity contribution in [1.82, 2.24) is 15.1 Å². The first-order chi connectivity index (χ1) is 19.5. The number of ketones is 1. The van der Waals surface area contributed by atoms with E-state index in [1.54, 1.807) is 19.0 Å². The second kappa shape index (κ2) is 11.8. The van der Waals surface area contributed by atoms with Crippen LogP contribution >= 0.6 is 0 Å². The Morgan fingerprint density at radius 1 is 1.07 bits per heavy atom. The second-order valence-electron chi connectivity index (χ2n) is 14.1. The molecule has 2 amide bonds. The van der Waals surface area contributed by atoms with Gasteiger partial charge < -0.3 is 20.2 Å². The van der Waals surface area contributed by atoms with Crippen molar-refractivity contribution >= 4 is 23.5 Å². The molecule has 8 atom stereocenters. The second-order valence-corrected chi connectivity index (χ2v) is 14.1. The molecule has 0 bridgehead atoms. The Hall–Kier alpha value is -2.26. The van der Waals surface area contributed by atoms with Crippen LogP contribution in [0.3, 0.4) is 0 Å². The van der Waals surface area contributed by atoms with E-state index in [1.165, 1.54) is 29.7 Å². The number of rotatable bonds is 7. The molecule has 1 aliphatic heterocycles. The van der Waals surface area contributed by atoms with E-state index < -0.39 is 6.09 Å². The van der Waals surface area contributed by atoms with E-state index in [0.717, 1.165) is 44.2 Å². The van der Waals surface area contributed by atoms with E-state index in [0.29, 0.717) is 36.5 Å². The molecule has 3 saturated carbocycles. The summed E-state index contributed by atoms with van der Waals surface area (Å²) < 4.78 is 0. The van der Waals surface area contributed by atoms with Crippen LogP contribution in [-0.2, 0) is 14.4 Å². The topological polar surface area (TPSA) is 112 Å². The van der Waals surface area contributed by atoms with Crippen molar-refractivity contribution in [1.29, 1.82) is 0 Å². The number of fused-ring (bicyclic) bond motifs is 5. The minimum absolute atomic E-state index is 0.0345. The highest BCUT2D eigenvalue weighted by atomic mass is 16.7. The number of carbonyl (C=O) groups excluding carboxylic acids is 3. The molecule has 1 saturated heterocycles. The number of allylic oxidation sites excluding steroid dienone is 1. The molecule has 2 unspecified atom stereocenters. The van der Waals surface area contributed by atoms with Gasteiger partial charge in [0.05, 0.1) is 18.4 Å². The molecular formula is C32H50N4O5. The minimum Gasteiger partial charge on any atom is -0.395 e. The van der Waals surface area contributed by atoms with Gasteiger partial charge in [0.1, 0.15) is 0 Å². The molecule has 2 N–H and O–H groups in total. The van der Waals surface area contributed by atoms with Crippen LogP contribution in [0.4, 0.5) is 4.79 Å². The Morgan fingerprint density at radius 2 is 1.85 bits per heavy atom. The third kappa shape index (κ3) is 5.61. The van der Waals surface area contributed by atoms with Crippen LogP contribution in [0.25, 0.3) is 0 Å². The number of carbonyl (C=O) groups is 3. The number of nitrogens with zero attached hydrogens (tertiary/aromatic N) is 3. The van der Waals surface area contributed by atoms with Gasteiger partial charge in [0.2, 0.25) is 5.91 Å². The Balaban J connectivity index is 1.21. The van der Waals surface area contributed by atoms with Gasteiger partial charge in [-0.15, -0.1) is 0 Å². The Labute approximate surface area is 245 Å². The van der Waals surface area contributed by atoms with Crippen molar-refractivity contribution < 1.29 is 24.3 Å². The number of amides is 2. The van der Waals surface area contributed by atoms with Gasteiger partial charge in [0.25, 0.3) is 0 Å². The maximum Gasteiger partial charge on any atom is 0.436 e. The monoisotopic (exact) mass is 570 g/mol. The van der Waals surface area contributed by atoms with Gasteiger partial charge in [0.15, 0.2) is 5.78 Å². The summed E-state index contributed by atoms with van der Waals surface area (Å²) in [4.78, 5) is 46.1. The van der Waals surface area contributed by atoms with Gasteiger partial charge in [-0.05, 0) is 99.4 Å². The molecule has 228 valence electrons. The molecule has 0 spiro atoms. The number of oxime groups is 1. The van der Waals surface area contributed by atoms with E-state index in [4.69, 9.17) is 4.84 Å². The highest BCUT2D eigenvalue weighted by molar-refractivity contribution is 5.91. The fourth-order valence-corrected chi connectivity index (χ4v) is 9.59. The van der Waals surface area contributed by atoms with Gasteiger partial charge in [-0.1, -0.05) is 24.6 Å². The fraction of sp³-hybridized carbons (Fsp3) is 0.812. The molecule has 5 aliphatic rings. The molecule has 9 nitrogen and oxygen atoms in total. The molecule has 5 rings (SSSR count). The first-order valence-corrected chi connectivity index (χ1v) is 15.8. The van der Waals surface area contributed by atoms with Crippen molar-refractivity contribution in [2.24, 2.45) is 39.7 Å². The smallest absolute Gasteiger partial charge is 0.395 e. The first-order valence-electron chi connectivity index (χ1n) is 15.8. The molecule has 0 aromatic carbocycles. The summed E-state index contributed by atoms with van der Waals surface area (Å²) in [6, 6.07) is -0.281. The zero-order chi connectivity index (χ0) is 29.5. The largest absolute Gasteiger partial charge is 0.436 e. The third-order valence-electron chi connectivity index (χ3n) is 11.8. The lowest BCUT2D eigenvalue weighted by molar-refractivity contribution is -0.130. The molecule has 41 heavy (non-hydrogen) atoms. The van der Waals surface area contributed by atoms with Crippen molar-refractivity contribution in [3.63, 3.8) is 0 Å². The van der Waals surface area contributed by atoms with Gasteiger partial charge >= 0.3 is 6.09 Å². The summed E-state index contributed by atoms with van der Waals surface area (Å²) in [5.41, 5.74) is 2.58. The van der Waals surface area contributed by atoms with Gasteiger partial charge in [-0.25, -0.2) is 4.79 Å². The van der Waals surface area contributed by atoms with Crippen molar-refractivity contribution in [3.8, 4) is 0 Å². The van der Waals surface area contributed by atoms with E-state index in [-0.39, 0.29) is 47.9 Å². The minimum atomic E-state index is -0.558. The molecule has 1 heterocycles. The summed E-state index contributed by atoms with van der Waals surface area (Å²) in [6.45, 7) is 7.20. The molecule has 9 heteroatoms. The first kappa shape index (κ1) is 30.2. The highest BCUT2D eigenvalue weighted by Crippen LogP contribution is 2.66. The summed E-state index contributed by atoms with van der Waals surface area (Å²) in [5, 5.41) is 17.3. The third-order valence-corrected chi connectivity index (χ3v) is 11.8. The van der Waals surface area contributed by atoms with Crippen molar-refractivity contribution in [2.45, 2.75) is 97.1 Å². The lowest BCUT2D eigenvalue weighted by Crippen LogP contribution is -2.51. The van der Waals surface area contributed by atoms with E-state index in [1.807, 2.05) is 13.0 Å². The fourth-order valence-electron chi connectivity index (χ4n) is 9.59. The van der Waals surface area contributed by atoms with Crippen LogP contribution in [0.2, 0.25) is 0 Å². The van der Waals surface area contributed by atoms with Crippen LogP contribution in [0.5, 0.6) is 0 Å². The Bertz CT molecular complexity index is 1100. The lowest BCUT2D eigenvalue weighted by Gasteiger charge is -2.58. The predicted molar refractivity (Wildman–Crippen MR) is 157 cm³/mol. The highest BCUT2D eigenvalue weighted by Gasteiger charge is 2.59. The average molecular weight is 571 g/mol. The number of aliphatic hydroxyl groups excluding tert-OH is 1. The quantitative estimate of drug-likeness (QED) is 0.270. The summed E-state index contributed by atoms with van der Waals surface area (Å²) >= 11 is 0. The number of nitrogens with one attached hydrogen (secondary N) is 1. The normalized spacial score (nSPS) is 38.4. The van der Waals surface area contributed by atoms with Crippen LogP contribution < -0.4 is 5.32 Å². The van der Waals surface area contributed by atoms with Gasteiger partial charge in [-0.2, -0.15) is 0 Å². The Morgan fingerprint density at radius 3 is 2.59 bits per heavy atom. The van der Waals surface area contributed by atoms with E-state index >= 15 is 0 Å². The summed E-state index contributed by atoms with van der Waals surface area (Å²) in [7, 11) is 3.49. The maximum atomic E-state index is 13.1. The molecule has 4 aliphatic carbocycles. The molecule has 0 aromatic rings. The molecule has 4 fully saturated rings. The zero-order valence-corrected chi connectivity index (χ0v) is 25.7. The maximum absolute atomic E-state index is 13.1. The average Bonchev–Trinajstić information content (AvgIpc) is 3.55. The SMILES string of the molecule is C/C(=N\OC(=O)N(CCO)CC1CCC(C(=O)N(C)C)N1)[C@H]1CC[C@H]2[C@@H]3CCC4=CC(=O)CC[C@]4(C)[C@H]3CC[C@]12C. The Kier molecular flexibility index (Phi) is 8.68. The van der Waals surface area contributed by atoms with Crippen LogP contribution in [0.15, 0.2) is 16.8 Å². The van der Waals surface area contributed by atoms with Gasteiger partial charge in [-0.3, -0.25) is 14.4 Å². The van der Waals surface area contributed by atoms with Crippen LogP contribution in [0.1, 0.15) is 85.0 Å². The van der Waals surface area contributed by atoms with Crippen molar-refractivity contribution in [2.75, 3.05) is 33.8 Å². The molecule has 0 aromatic heterocycles. The van der Waals surface area contributed by atoms with Crippen LogP contribution in [0, 0.1) is 34.5 Å². The van der Waals surface area contributed by atoms with Crippen molar-refractivity contribution in [3.05, 3.63) is 11.6 Å². The molecular weight excluding hydrogens is 520 g/mol. The number of hydrogen-bond donors (Lipinski definition) is 2. The summed E-state index contributed by atoms with van der Waals surface area (Å²) in [5.74, 6) is 2.56.